The third-order valence-electron chi connectivity index (χ3n) is 5.31. The minimum absolute atomic E-state index is 0.675. The van der Waals surface area contributed by atoms with Crippen molar-refractivity contribution in [3.05, 3.63) is 35.1 Å². The van der Waals surface area contributed by atoms with Crippen molar-refractivity contribution in [1.29, 1.82) is 0 Å². The molecule has 1 aromatic heterocycles. The minimum atomic E-state index is 0.675. The molecule has 5 nitrogen and oxygen atoms in total. The van der Waals surface area contributed by atoms with Crippen molar-refractivity contribution in [1.82, 2.24) is 24.7 Å². The van der Waals surface area contributed by atoms with Crippen LogP contribution in [-0.4, -0.2) is 37.3 Å². The number of tetrazole rings is 1. The van der Waals surface area contributed by atoms with Crippen LogP contribution < -0.4 is 0 Å². The van der Waals surface area contributed by atoms with Gasteiger partial charge in [0.1, 0.15) is 0 Å². The lowest BCUT2D eigenvalue weighted by Gasteiger charge is -2.43. The van der Waals surface area contributed by atoms with Crippen LogP contribution in [0.1, 0.15) is 38.5 Å². The van der Waals surface area contributed by atoms with E-state index in [1.807, 2.05) is 35.0 Å². The quantitative estimate of drug-likeness (QED) is 0.809. The predicted molar refractivity (Wildman–Crippen MR) is 91.9 cm³/mol. The Hall–Kier alpha value is -1.53. The maximum Gasteiger partial charge on any atom is 0.221 e. The van der Waals surface area contributed by atoms with Gasteiger partial charge >= 0.3 is 0 Å². The van der Waals surface area contributed by atoms with Crippen molar-refractivity contribution in [2.24, 2.45) is 5.92 Å². The topological polar surface area (TPSA) is 38.9 Å². The largest absolute Gasteiger partial charge is 0.281 e. The van der Waals surface area contributed by atoms with E-state index in [9.17, 15) is 0 Å². The first-order chi connectivity index (χ1) is 11.3. The van der Waals surface area contributed by atoms with Crippen molar-refractivity contribution in [3.63, 3.8) is 0 Å². The molecule has 1 saturated heterocycles. The van der Waals surface area contributed by atoms with Gasteiger partial charge in [0.25, 0.3) is 0 Å². The number of likely N-dealkylation sites (tertiary alicyclic amines) is 1. The Morgan fingerprint density at radius 2 is 1.78 bits per heavy atom. The van der Waals surface area contributed by atoms with Gasteiger partial charge in [-0.2, -0.15) is 4.68 Å². The van der Waals surface area contributed by atoms with Crippen molar-refractivity contribution in [3.8, 4) is 5.69 Å². The molecular weight excluding hydrogens is 306 g/mol. The molecule has 23 heavy (non-hydrogen) atoms. The molecule has 0 radical (unpaired) electrons. The molecular formula is C17H23N5S. The molecule has 1 aliphatic heterocycles. The molecule has 4 rings (SSSR count). The number of hydrogen-bond acceptors (Lipinski definition) is 4. The monoisotopic (exact) mass is 329 g/mol. The Kier molecular flexibility index (Phi) is 4.27. The van der Waals surface area contributed by atoms with Gasteiger partial charge in [-0.05, 0) is 66.4 Å². The Labute approximate surface area is 141 Å². The number of rotatable bonds is 3. The predicted octanol–water partition coefficient (Wildman–Crippen LogP) is 3.41. The normalized spacial score (nSPS) is 25.2. The van der Waals surface area contributed by atoms with Gasteiger partial charge in [0.2, 0.25) is 4.77 Å². The van der Waals surface area contributed by atoms with Gasteiger partial charge in [-0.3, -0.25) is 4.90 Å². The van der Waals surface area contributed by atoms with Crippen LogP contribution in [0.5, 0.6) is 0 Å². The molecule has 6 heteroatoms. The zero-order valence-electron chi connectivity index (χ0n) is 13.3. The van der Waals surface area contributed by atoms with Crippen molar-refractivity contribution >= 4 is 12.2 Å². The highest BCUT2D eigenvalue weighted by Crippen LogP contribution is 2.35. The lowest BCUT2D eigenvalue weighted by Crippen LogP contribution is -2.47. The van der Waals surface area contributed by atoms with Gasteiger partial charge in [-0.15, -0.1) is 0 Å². The Bertz CT molecular complexity index is 705. The van der Waals surface area contributed by atoms with Gasteiger partial charge in [0.05, 0.1) is 12.4 Å². The molecule has 2 aromatic rings. The molecule has 122 valence electrons. The molecule has 2 fully saturated rings. The fourth-order valence-corrected chi connectivity index (χ4v) is 4.41. The zero-order chi connectivity index (χ0) is 15.6. The van der Waals surface area contributed by atoms with Gasteiger partial charge < -0.3 is 0 Å². The lowest BCUT2D eigenvalue weighted by molar-refractivity contribution is 0.0319. The molecule has 0 amide bonds. The first kappa shape index (κ1) is 15.0. The molecule has 1 aromatic carbocycles. The van der Waals surface area contributed by atoms with E-state index in [0.717, 1.165) is 24.8 Å². The first-order valence-electron chi connectivity index (χ1n) is 8.65. The summed E-state index contributed by atoms with van der Waals surface area (Å²) in [7, 11) is 0. The highest BCUT2D eigenvalue weighted by atomic mass is 32.1. The zero-order valence-corrected chi connectivity index (χ0v) is 14.2. The lowest BCUT2D eigenvalue weighted by atomic mass is 9.78. The van der Waals surface area contributed by atoms with Gasteiger partial charge in [0.15, 0.2) is 0 Å². The smallest absolute Gasteiger partial charge is 0.221 e. The molecule has 0 N–H and O–H groups in total. The first-order valence-corrected chi connectivity index (χ1v) is 9.06. The Morgan fingerprint density at radius 1 is 1.00 bits per heavy atom. The Morgan fingerprint density at radius 3 is 2.65 bits per heavy atom. The van der Waals surface area contributed by atoms with Gasteiger partial charge in [-0.1, -0.05) is 31.0 Å². The van der Waals surface area contributed by atoms with E-state index in [2.05, 4.69) is 15.3 Å². The van der Waals surface area contributed by atoms with Crippen LogP contribution in [0.2, 0.25) is 0 Å². The highest BCUT2D eigenvalue weighted by Gasteiger charge is 2.33. The number of aromatic nitrogens is 4. The van der Waals surface area contributed by atoms with E-state index in [1.165, 1.54) is 38.5 Å². The molecule has 1 aliphatic carbocycles. The fourth-order valence-electron chi connectivity index (χ4n) is 4.17. The van der Waals surface area contributed by atoms with Crippen LogP contribution >= 0.6 is 12.2 Å². The summed E-state index contributed by atoms with van der Waals surface area (Å²) >= 11 is 5.60. The third kappa shape index (κ3) is 2.97. The van der Waals surface area contributed by atoms with E-state index >= 15 is 0 Å². The van der Waals surface area contributed by atoms with Crippen LogP contribution in [0, 0.1) is 10.7 Å². The van der Waals surface area contributed by atoms with Crippen LogP contribution in [0.25, 0.3) is 5.69 Å². The second-order valence-electron chi connectivity index (χ2n) is 6.72. The van der Waals surface area contributed by atoms with Crippen LogP contribution in [0.15, 0.2) is 30.3 Å². The van der Waals surface area contributed by atoms with Crippen LogP contribution in [0.4, 0.5) is 0 Å². The average Bonchev–Trinajstić information content (AvgIpc) is 2.97. The van der Waals surface area contributed by atoms with E-state index in [4.69, 9.17) is 12.2 Å². The fraction of sp³-hybridized carbons (Fsp3) is 0.588. The third-order valence-corrected chi connectivity index (χ3v) is 5.70. The number of piperidine rings is 1. The number of fused-ring (bicyclic) bond motifs is 1. The second kappa shape index (κ2) is 6.53. The van der Waals surface area contributed by atoms with Crippen molar-refractivity contribution in [2.45, 2.75) is 51.2 Å². The summed E-state index contributed by atoms with van der Waals surface area (Å²) in [5, 5.41) is 8.56. The highest BCUT2D eigenvalue weighted by molar-refractivity contribution is 7.71. The van der Waals surface area contributed by atoms with E-state index in [-0.39, 0.29) is 0 Å². The number of nitrogens with zero attached hydrogens (tertiary/aromatic N) is 5. The summed E-state index contributed by atoms with van der Waals surface area (Å²) in [6.07, 6.45) is 8.16. The van der Waals surface area contributed by atoms with E-state index < -0.39 is 0 Å². The molecule has 2 aliphatic rings. The minimum Gasteiger partial charge on any atom is -0.281 e. The second-order valence-corrected chi connectivity index (χ2v) is 7.08. The summed E-state index contributed by atoms with van der Waals surface area (Å²) in [4.78, 5) is 2.58. The standard InChI is InChI=1S/C17H23N5S/c23-17-21(18-19-22(17)15-9-2-1-3-10-15)13-20-12-6-8-14-7-4-5-11-16(14)20/h1-3,9-10,14,16H,4-8,11-13H2/t14-,16-/m0/s1. The number of benzene rings is 1. The maximum absolute atomic E-state index is 5.60. The molecule has 2 atom stereocenters. The number of para-hydroxylation sites is 1. The summed E-state index contributed by atoms with van der Waals surface area (Å²) in [6, 6.07) is 10.7. The molecule has 2 heterocycles. The summed E-state index contributed by atoms with van der Waals surface area (Å²) in [5.41, 5.74) is 0.970. The molecule has 0 bridgehead atoms. The SMILES string of the molecule is S=c1n(CN2CCC[C@@H]3CCCC[C@@H]32)nnn1-c1ccccc1. The summed E-state index contributed by atoms with van der Waals surface area (Å²) in [5.74, 6) is 0.871. The average molecular weight is 329 g/mol. The van der Waals surface area contributed by atoms with Crippen molar-refractivity contribution < 1.29 is 0 Å². The summed E-state index contributed by atoms with van der Waals surface area (Å²) < 4.78 is 4.30. The Balaban J connectivity index is 1.55. The molecule has 0 spiro atoms. The molecule has 1 saturated carbocycles. The summed E-state index contributed by atoms with van der Waals surface area (Å²) in [6.45, 7) is 1.92. The van der Waals surface area contributed by atoms with E-state index in [0.29, 0.717) is 10.8 Å². The van der Waals surface area contributed by atoms with Gasteiger partial charge in [-0.25, -0.2) is 4.68 Å². The van der Waals surface area contributed by atoms with Crippen molar-refractivity contribution in [2.75, 3.05) is 6.54 Å². The maximum atomic E-state index is 5.60. The number of hydrogen-bond donors (Lipinski definition) is 0. The van der Waals surface area contributed by atoms with Gasteiger partial charge in [0, 0.05) is 12.6 Å². The van der Waals surface area contributed by atoms with Crippen LogP contribution in [-0.2, 0) is 6.67 Å². The van der Waals surface area contributed by atoms with E-state index in [1.54, 1.807) is 4.68 Å². The van der Waals surface area contributed by atoms with Crippen LogP contribution in [0.3, 0.4) is 0 Å². The molecule has 0 unspecified atom stereocenters.